The number of benzene rings is 2. The number of nitrogens with zero attached hydrogens (tertiary/aromatic N) is 1. The smallest absolute Gasteiger partial charge is 0.262 e. The van der Waals surface area contributed by atoms with Crippen LogP contribution in [0.15, 0.2) is 53.3 Å². The number of fused-ring (bicyclic) bond motifs is 1. The number of aromatic nitrogens is 1. The minimum absolute atomic E-state index is 0.0110. The van der Waals surface area contributed by atoms with Crippen molar-refractivity contribution in [3.05, 3.63) is 54.5 Å². The quantitative estimate of drug-likeness (QED) is 0.787. The lowest BCUT2D eigenvalue weighted by atomic mass is 10.0. The van der Waals surface area contributed by atoms with Crippen LogP contribution >= 0.6 is 0 Å². The molecule has 0 atom stereocenters. The molecule has 3 aromatic rings. The van der Waals surface area contributed by atoms with Crippen molar-refractivity contribution >= 4 is 11.6 Å². The minimum atomic E-state index is -0.305. The first-order valence-corrected chi connectivity index (χ1v) is 6.98. The summed E-state index contributed by atoms with van der Waals surface area (Å²) in [6, 6.07) is 11.5. The van der Waals surface area contributed by atoms with Gasteiger partial charge in [-0.3, -0.25) is 4.79 Å². The number of nitrogens with one attached hydrogen (secondary N) is 1. The van der Waals surface area contributed by atoms with E-state index in [0.717, 1.165) is 16.7 Å². The number of hydrogen-bond donors (Lipinski definition) is 1. The van der Waals surface area contributed by atoms with E-state index in [1.54, 1.807) is 24.3 Å². The van der Waals surface area contributed by atoms with Gasteiger partial charge in [-0.1, -0.05) is 17.3 Å². The number of halogens is 1. The van der Waals surface area contributed by atoms with Gasteiger partial charge < -0.3 is 14.6 Å². The molecule has 0 aliphatic carbocycles. The summed E-state index contributed by atoms with van der Waals surface area (Å²) in [5.74, 6) is 0.106. The maximum atomic E-state index is 13.1. The number of carbonyl (C=O) groups is 1. The molecular weight excluding hydrogens is 299 g/mol. The molecule has 0 fully saturated rings. The molecule has 0 radical (unpaired) electrons. The van der Waals surface area contributed by atoms with Crippen LogP contribution in [0.25, 0.3) is 22.4 Å². The van der Waals surface area contributed by atoms with E-state index in [-0.39, 0.29) is 18.3 Å². The van der Waals surface area contributed by atoms with Crippen molar-refractivity contribution in [2.24, 2.45) is 0 Å². The van der Waals surface area contributed by atoms with Crippen molar-refractivity contribution in [2.75, 3.05) is 11.9 Å². The molecule has 0 saturated heterocycles. The predicted octanol–water partition coefficient (Wildman–Crippen LogP) is 3.48. The molecule has 2 heterocycles. The van der Waals surface area contributed by atoms with Crippen LogP contribution in [0.2, 0.25) is 0 Å². The van der Waals surface area contributed by atoms with Crippen molar-refractivity contribution in [2.45, 2.75) is 0 Å². The van der Waals surface area contributed by atoms with E-state index >= 15 is 0 Å². The number of rotatable bonds is 2. The first kappa shape index (κ1) is 13.5. The molecular formula is C17H11FN2O3. The van der Waals surface area contributed by atoms with E-state index in [1.165, 1.54) is 18.4 Å². The lowest BCUT2D eigenvalue weighted by Gasteiger charge is -2.18. The van der Waals surface area contributed by atoms with Crippen LogP contribution < -0.4 is 10.1 Å². The Bertz CT molecular complexity index is 887. The molecule has 1 aromatic heterocycles. The van der Waals surface area contributed by atoms with Gasteiger partial charge >= 0.3 is 0 Å². The Labute approximate surface area is 130 Å². The van der Waals surface area contributed by atoms with Crippen molar-refractivity contribution in [1.29, 1.82) is 0 Å². The second-order valence-electron chi connectivity index (χ2n) is 5.13. The van der Waals surface area contributed by atoms with Gasteiger partial charge in [-0.25, -0.2) is 4.39 Å². The number of hydrogen-bond acceptors (Lipinski definition) is 4. The number of carbonyl (C=O) groups excluding carboxylic acids is 1. The van der Waals surface area contributed by atoms with Crippen LogP contribution in [-0.4, -0.2) is 17.7 Å². The molecule has 0 saturated carbocycles. The summed E-state index contributed by atoms with van der Waals surface area (Å²) in [5, 5.41) is 6.79. The molecule has 23 heavy (non-hydrogen) atoms. The Morgan fingerprint density at radius 2 is 1.87 bits per heavy atom. The highest BCUT2D eigenvalue weighted by atomic mass is 19.1. The van der Waals surface area contributed by atoms with Crippen molar-refractivity contribution in [3.8, 4) is 28.1 Å². The average molecular weight is 310 g/mol. The van der Waals surface area contributed by atoms with Crippen LogP contribution in [0.4, 0.5) is 10.1 Å². The van der Waals surface area contributed by atoms with E-state index in [2.05, 4.69) is 10.5 Å². The normalized spacial score (nSPS) is 13.2. The average Bonchev–Trinajstić information content (AvgIpc) is 3.04. The third-order valence-electron chi connectivity index (χ3n) is 3.61. The number of amides is 1. The third-order valence-corrected chi connectivity index (χ3v) is 3.61. The molecule has 2 aromatic carbocycles. The van der Waals surface area contributed by atoms with E-state index in [9.17, 15) is 9.18 Å². The lowest BCUT2D eigenvalue weighted by Crippen LogP contribution is -2.25. The highest BCUT2D eigenvalue weighted by molar-refractivity contribution is 5.96. The minimum Gasteiger partial charge on any atom is -0.482 e. The molecule has 1 N–H and O–H groups in total. The molecule has 0 bridgehead atoms. The fraction of sp³-hybridized carbons (Fsp3) is 0.0588. The summed E-state index contributed by atoms with van der Waals surface area (Å²) < 4.78 is 23.5. The van der Waals surface area contributed by atoms with Gasteiger partial charge in [0.2, 0.25) is 0 Å². The topological polar surface area (TPSA) is 64.4 Å². The van der Waals surface area contributed by atoms with Crippen LogP contribution in [0.3, 0.4) is 0 Å². The highest BCUT2D eigenvalue weighted by Gasteiger charge is 2.19. The summed E-state index contributed by atoms with van der Waals surface area (Å²) in [4.78, 5) is 11.4. The zero-order valence-electron chi connectivity index (χ0n) is 11.9. The molecule has 1 aliphatic heterocycles. The lowest BCUT2D eigenvalue weighted by molar-refractivity contribution is -0.118. The van der Waals surface area contributed by atoms with Crippen molar-refractivity contribution < 1.29 is 18.4 Å². The van der Waals surface area contributed by atoms with Crippen molar-refractivity contribution in [1.82, 2.24) is 5.16 Å². The second-order valence-corrected chi connectivity index (χ2v) is 5.13. The van der Waals surface area contributed by atoms with E-state index in [1.807, 2.05) is 6.07 Å². The van der Waals surface area contributed by atoms with Crippen molar-refractivity contribution in [3.63, 3.8) is 0 Å². The highest BCUT2D eigenvalue weighted by Crippen LogP contribution is 2.36. The Hall–Kier alpha value is -3.15. The van der Waals surface area contributed by atoms with E-state index in [4.69, 9.17) is 9.26 Å². The zero-order valence-corrected chi connectivity index (χ0v) is 11.9. The first-order chi connectivity index (χ1) is 11.2. The third kappa shape index (κ3) is 2.44. The van der Waals surface area contributed by atoms with E-state index in [0.29, 0.717) is 17.1 Å². The Morgan fingerprint density at radius 3 is 2.70 bits per heavy atom. The second kappa shape index (κ2) is 5.24. The summed E-state index contributed by atoms with van der Waals surface area (Å²) in [7, 11) is 0. The van der Waals surface area contributed by atoms with Crippen LogP contribution in [0.1, 0.15) is 0 Å². The van der Waals surface area contributed by atoms with Crippen LogP contribution in [0, 0.1) is 5.82 Å². The fourth-order valence-electron chi connectivity index (χ4n) is 2.51. The molecule has 6 heteroatoms. The maximum Gasteiger partial charge on any atom is 0.262 e. The van der Waals surface area contributed by atoms with Gasteiger partial charge in [-0.05, 0) is 35.9 Å². The largest absolute Gasteiger partial charge is 0.482 e. The number of anilines is 1. The molecule has 5 nitrogen and oxygen atoms in total. The van der Waals surface area contributed by atoms with E-state index < -0.39 is 0 Å². The van der Waals surface area contributed by atoms with Gasteiger partial charge in [0, 0.05) is 11.1 Å². The molecule has 114 valence electrons. The molecule has 4 rings (SSSR count). The molecule has 0 spiro atoms. The maximum absolute atomic E-state index is 13.1. The summed E-state index contributed by atoms with van der Waals surface area (Å²) in [6.07, 6.45) is 1.51. The monoisotopic (exact) mass is 310 g/mol. The standard InChI is InChI=1S/C17H11FN2O3/c18-12-4-1-10(2-5-12)13-8-23-20-17(13)11-3-6-15-14(7-11)19-16(21)9-22-15/h1-8H,9H2,(H,19,21). The summed E-state index contributed by atoms with van der Waals surface area (Å²) >= 11 is 0. The Balaban J connectivity index is 1.77. The Kier molecular flexibility index (Phi) is 3.08. The van der Waals surface area contributed by atoms with Crippen LogP contribution in [-0.2, 0) is 4.79 Å². The first-order valence-electron chi connectivity index (χ1n) is 6.98. The summed E-state index contributed by atoms with van der Waals surface area (Å²) in [5.41, 5.74) is 3.50. The SMILES string of the molecule is O=C1COc2ccc(-c3nocc3-c3ccc(F)cc3)cc2N1. The van der Waals surface area contributed by atoms with Gasteiger partial charge in [0.15, 0.2) is 6.61 Å². The van der Waals surface area contributed by atoms with Gasteiger partial charge in [-0.2, -0.15) is 0 Å². The molecule has 1 amide bonds. The van der Waals surface area contributed by atoms with Gasteiger partial charge in [0.25, 0.3) is 5.91 Å². The van der Waals surface area contributed by atoms with Gasteiger partial charge in [-0.15, -0.1) is 0 Å². The Morgan fingerprint density at radius 1 is 1.09 bits per heavy atom. The predicted molar refractivity (Wildman–Crippen MR) is 81.5 cm³/mol. The van der Waals surface area contributed by atoms with Gasteiger partial charge in [0.05, 0.1) is 5.69 Å². The molecule has 0 unspecified atom stereocenters. The van der Waals surface area contributed by atoms with Crippen LogP contribution in [0.5, 0.6) is 5.75 Å². The molecule has 1 aliphatic rings. The van der Waals surface area contributed by atoms with Gasteiger partial charge in [0.1, 0.15) is 23.5 Å². The zero-order chi connectivity index (χ0) is 15.8. The number of ether oxygens (including phenoxy) is 1. The summed E-state index contributed by atoms with van der Waals surface area (Å²) in [6.45, 7) is 0.0110. The fourth-order valence-corrected chi connectivity index (χ4v) is 2.51.